The summed E-state index contributed by atoms with van der Waals surface area (Å²) in [5, 5.41) is 3.44. The third-order valence-electron chi connectivity index (χ3n) is 4.55. The van der Waals surface area contributed by atoms with Crippen LogP contribution in [0.5, 0.6) is 0 Å². The highest BCUT2D eigenvalue weighted by atomic mass is 35.5. The van der Waals surface area contributed by atoms with Crippen molar-refractivity contribution in [2.45, 2.75) is 19.5 Å². The molecule has 0 aliphatic rings. The van der Waals surface area contributed by atoms with Gasteiger partial charge in [-0.25, -0.2) is 8.42 Å². The molecule has 2 aromatic rings. The largest absolute Gasteiger partial charge is 0.357 e. The molecule has 0 aromatic heterocycles. The summed E-state index contributed by atoms with van der Waals surface area (Å²) < 4.78 is 25.8. The number of halogens is 3. The Morgan fingerprint density at radius 3 is 2.16 bits per heavy atom. The second-order valence-electron chi connectivity index (χ2n) is 6.81. The Morgan fingerprint density at radius 1 is 1.03 bits per heavy atom. The Hall–Kier alpha value is -2.00. The minimum absolute atomic E-state index is 0.0869. The number of nitrogens with zero attached hydrogens (tertiary/aromatic N) is 2. The van der Waals surface area contributed by atoms with Crippen LogP contribution < -0.4 is 9.62 Å². The number of benzene rings is 2. The van der Waals surface area contributed by atoms with E-state index >= 15 is 0 Å². The fraction of sp³-hybridized carbons (Fsp3) is 0.300. The summed E-state index contributed by atoms with van der Waals surface area (Å²) in [5.41, 5.74) is 0.915. The van der Waals surface area contributed by atoms with E-state index in [1.54, 1.807) is 31.2 Å². The van der Waals surface area contributed by atoms with Crippen LogP contribution in [0.3, 0.4) is 0 Å². The van der Waals surface area contributed by atoms with Crippen molar-refractivity contribution in [2.24, 2.45) is 0 Å². The van der Waals surface area contributed by atoms with Gasteiger partial charge in [-0.1, -0.05) is 46.9 Å². The molecule has 0 aliphatic carbocycles. The van der Waals surface area contributed by atoms with Gasteiger partial charge in [0, 0.05) is 18.6 Å². The van der Waals surface area contributed by atoms with Gasteiger partial charge in [0.2, 0.25) is 21.8 Å². The minimum atomic E-state index is -3.84. The third kappa shape index (κ3) is 6.74. The molecule has 168 valence electrons. The SMILES string of the molecule is CNC(=O)C(C)N(Cc1ccc(Cl)cc1)C(=O)CN(c1ccc(Cl)c(Cl)c1)S(C)(=O)=O. The molecule has 1 N–H and O–H groups in total. The smallest absolute Gasteiger partial charge is 0.244 e. The van der Waals surface area contributed by atoms with Crippen LogP contribution >= 0.6 is 34.8 Å². The van der Waals surface area contributed by atoms with Gasteiger partial charge in [0.15, 0.2) is 0 Å². The predicted octanol–water partition coefficient (Wildman–Crippen LogP) is 3.58. The zero-order valence-corrected chi connectivity index (χ0v) is 20.2. The Labute approximate surface area is 196 Å². The van der Waals surface area contributed by atoms with Crippen molar-refractivity contribution in [1.82, 2.24) is 10.2 Å². The molecule has 2 rings (SSSR count). The van der Waals surface area contributed by atoms with Gasteiger partial charge in [0.25, 0.3) is 0 Å². The molecule has 0 saturated carbocycles. The lowest BCUT2D eigenvalue weighted by atomic mass is 10.1. The number of nitrogens with one attached hydrogen (secondary N) is 1. The lowest BCUT2D eigenvalue weighted by molar-refractivity contribution is -0.139. The minimum Gasteiger partial charge on any atom is -0.357 e. The molecule has 0 fully saturated rings. The lowest BCUT2D eigenvalue weighted by Gasteiger charge is -2.31. The summed E-state index contributed by atoms with van der Waals surface area (Å²) in [7, 11) is -2.38. The molecule has 0 radical (unpaired) electrons. The highest BCUT2D eigenvalue weighted by molar-refractivity contribution is 7.92. The first-order valence-electron chi connectivity index (χ1n) is 9.12. The number of anilines is 1. The van der Waals surface area contributed by atoms with Gasteiger partial charge < -0.3 is 10.2 Å². The zero-order valence-electron chi connectivity index (χ0n) is 17.1. The first kappa shape index (κ1) is 25.3. The number of sulfonamides is 1. The van der Waals surface area contributed by atoms with E-state index in [1.807, 2.05) is 0 Å². The summed E-state index contributed by atoms with van der Waals surface area (Å²) >= 11 is 17.9. The van der Waals surface area contributed by atoms with Crippen LogP contribution in [0, 0.1) is 0 Å². The van der Waals surface area contributed by atoms with Crippen LogP contribution in [0.1, 0.15) is 12.5 Å². The van der Waals surface area contributed by atoms with Gasteiger partial charge in [-0.2, -0.15) is 0 Å². The highest BCUT2D eigenvalue weighted by Gasteiger charge is 2.29. The Balaban J connectivity index is 2.39. The van der Waals surface area contributed by atoms with Gasteiger partial charge in [-0.15, -0.1) is 0 Å². The van der Waals surface area contributed by atoms with Crippen molar-refractivity contribution in [3.63, 3.8) is 0 Å². The number of carbonyl (C=O) groups is 2. The summed E-state index contributed by atoms with van der Waals surface area (Å²) in [4.78, 5) is 26.8. The second-order valence-corrected chi connectivity index (χ2v) is 9.96. The third-order valence-corrected chi connectivity index (χ3v) is 6.68. The molecule has 1 atom stereocenters. The normalized spacial score (nSPS) is 12.2. The molecule has 1 unspecified atom stereocenters. The van der Waals surface area contributed by atoms with Crippen molar-refractivity contribution in [3.8, 4) is 0 Å². The van der Waals surface area contributed by atoms with Crippen LogP contribution in [-0.4, -0.2) is 51.0 Å². The average molecular weight is 507 g/mol. The topological polar surface area (TPSA) is 86.8 Å². The Bertz CT molecular complexity index is 1060. The van der Waals surface area contributed by atoms with Crippen molar-refractivity contribution < 1.29 is 18.0 Å². The molecular weight excluding hydrogens is 485 g/mol. The fourth-order valence-electron chi connectivity index (χ4n) is 2.83. The van der Waals surface area contributed by atoms with Crippen LogP contribution in [0.2, 0.25) is 15.1 Å². The van der Waals surface area contributed by atoms with Crippen molar-refractivity contribution >= 4 is 62.3 Å². The first-order chi connectivity index (χ1) is 14.4. The zero-order chi connectivity index (χ0) is 23.3. The number of amides is 2. The van der Waals surface area contributed by atoms with Gasteiger partial charge in [-0.3, -0.25) is 13.9 Å². The molecule has 2 aromatic carbocycles. The highest BCUT2D eigenvalue weighted by Crippen LogP contribution is 2.28. The molecule has 0 saturated heterocycles. The van der Waals surface area contributed by atoms with Gasteiger partial charge in [-0.05, 0) is 42.8 Å². The van der Waals surface area contributed by atoms with Crippen molar-refractivity contribution in [3.05, 3.63) is 63.1 Å². The average Bonchev–Trinajstić information content (AvgIpc) is 2.71. The van der Waals surface area contributed by atoms with Crippen molar-refractivity contribution in [2.75, 3.05) is 24.2 Å². The van der Waals surface area contributed by atoms with Crippen LogP contribution in [0.25, 0.3) is 0 Å². The maximum absolute atomic E-state index is 13.2. The number of hydrogen-bond acceptors (Lipinski definition) is 4. The number of hydrogen-bond donors (Lipinski definition) is 1. The number of carbonyl (C=O) groups excluding carboxylic acids is 2. The summed E-state index contributed by atoms with van der Waals surface area (Å²) in [5.74, 6) is -0.953. The maximum atomic E-state index is 13.2. The molecule has 0 aliphatic heterocycles. The quantitative estimate of drug-likeness (QED) is 0.593. The van der Waals surface area contributed by atoms with Gasteiger partial charge >= 0.3 is 0 Å². The summed E-state index contributed by atoms with van der Waals surface area (Å²) in [6.45, 7) is 1.13. The van der Waals surface area contributed by atoms with Gasteiger partial charge in [0.1, 0.15) is 12.6 Å². The van der Waals surface area contributed by atoms with E-state index in [4.69, 9.17) is 34.8 Å². The monoisotopic (exact) mass is 505 g/mol. The van der Waals surface area contributed by atoms with E-state index in [2.05, 4.69) is 5.32 Å². The Kier molecular flexibility index (Phi) is 8.59. The van der Waals surface area contributed by atoms with Crippen LogP contribution in [-0.2, 0) is 26.2 Å². The van der Waals surface area contributed by atoms with E-state index in [0.717, 1.165) is 16.1 Å². The molecule has 0 heterocycles. The van der Waals surface area contributed by atoms with Crippen LogP contribution in [0.4, 0.5) is 5.69 Å². The maximum Gasteiger partial charge on any atom is 0.244 e. The predicted molar refractivity (Wildman–Crippen MR) is 124 cm³/mol. The first-order valence-corrected chi connectivity index (χ1v) is 12.1. The Morgan fingerprint density at radius 2 is 1.65 bits per heavy atom. The molecule has 11 heteroatoms. The molecule has 31 heavy (non-hydrogen) atoms. The summed E-state index contributed by atoms with van der Waals surface area (Å²) in [6.07, 6.45) is 0.981. The number of likely N-dealkylation sites (N-methyl/N-ethyl adjacent to an activating group) is 1. The molecule has 2 amide bonds. The fourth-order valence-corrected chi connectivity index (χ4v) is 4.09. The lowest BCUT2D eigenvalue weighted by Crippen LogP contribution is -2.50. The van der Waals surface area contributed by atoms with Crippen molar-refractivity contribution in [1.29, 1.82) is 0 Å². The number of rotatable bonds is 8. The molecule has 7 nitrogen and oxygen atoms in total. The van der Waals surface area contributed by atoms with E-state index in [1.165, 1.54) is 30.1 Å². The standard InChI is InChI=1S/C20H22Cl3N3O4S/c1-13(20(28)24-2)25(11-14-4-6-15(21)7-5-14)19(27)12-26(31(3,29)30)16-8-9-17(22)18(23)10-16/h4-10,13H,11-12H2,1-3H3,(H,24,28). The van der Waals surface area contributed by atoms with Crippen LogP contribution in [0.15, 0.2) is 42.5 Å². The van der Waals surface area contributed by atoms with E-state index in [0.29, 0.717) is 5.02 Å². The molecule has 0 bridgehead atoms. The van der Waals surface area contributed by atoms with E-state index < -0.39 is 28.5 Å². The van der Waals surface area contributed by atoms with E-state index in [-0.39, 0.29) is 28.2 Å². The summed E-state index contributed by atoms with van der Waals surface area (Å²) in [6, 6.07) is 10.2. The molecule has 0 spiro atoms. The molecular formula is C20H22Cl3N3O4S. The van der Waals surface area contributed by atoms with E-state index in [9.17, 15) is 18.0 Å². The van der Waals surface area contributed by atoms with Gasteiger partial charge in [0.05, 0.1) is 22.0 Å². The second kappa shape index (κ2) is 10.5.